The molecule has 3 rings (SSSR count). The Morgan fingerprint density at radius 2 is 2.16 bits per heavy atom. The van der Waals surface area contributed by atoms with E-state index in [0.29, 0.717) is 11.9 Å². The zero-order valence-electron chi connectivity index (χ0n) is 11.0. The van der Waals surface area contributed by atoms with Gasteiger partial charge in [-0.25, -0.2) is 9.97 Å². The minimum absolute atomic E-state index is 0.399. The van der Waals surface area contributed by atoms with Crippen LogP contribution in [0.25, 0.3) is 11.3 Å². The summed E-state index contributed by atoms with van der Waals surface area (Å²) in [6.07, 6.45) is 5.04. The minimum Gasteiger partial charge on any atom is -0.490 e. The standard InChI is InChI=1S/C15H17N3O/c1-2-13-14(17-9-18-15(13)16)10-4-3-5-12(8-10)19-11-6-7-11/h3-5,8-9,11H,2,6-7H2,1H3,(H2,16,17,18). The van der Waals surface area contributed by atoms with Crippen LogP contribution in [0.3, 0.4) is 0 Å². The van der Waals surface area contributed by atoms with Crippen LogP contribution in [0.15, 0.2) is 30.6 Å². The molecule has 2 aromatic rings. The molecule has 1 aromatic carbocycles. The van der Waals surface area contributed by atoms with Gasteiger partial charge in [-0.1, -0.05) is 19.1 Å². The van der Waals surface area contributed by atoms with Crippen molar-refractivity contribution >= 4 is 5.82 Å². The Hall–Kier alpha value is -2.10. The van der Waals surface area contributed by atoms with Crippen molar-refractivity contribution in [3.8, 4) is 17.0 Å². The van der Waals surface area contributed by atoms with E-state index in [1.807, 2.05) is 24.3 Å². The smallest absolute Gasteiger partial charge is 0.130 e. The number of rotatable bonds is 4. The zero-order chi connectivity index (χ0) is 13.2. The van der Waals surface area contributed by atoms with Crippen molar-refractivity contribution in [3.05, 3.63) is 36.2 Å². The Labute approximate surface area is 112 Å². The molecular weight excluding hydrogens is 238 g/mol. The summed E-state index contributed by atoms with van der Waals surface area (Å²) in [5.74, 6) is 1.46. The van der Waals surface area contributed by atoms with Gasteiger partial charge in [0.15, 0.2) is 0 Å². The van der Waals surface area contributed by atoms with Crippen LogP contribution in [0.2, 0.25) is 0 Å². The average molecular weight is 255 g/mol. The van der Waals surface area contributed by atoms with E-state index >= 15 is 0 Å². The van der Waals surface area contributed by atoms with Crippen molar-refractivity contribution < 1.29 is 4.74 Å². The Bertz CT molecular complexity index is 594. The Morgan fingerprint density at radius 3 is 2.89 bits per heavy atom. The predicted molar refractivity (Wildman–Crippen MR) is 74.9 cm³/mol. The maximum atomic E-state index is 5.92. The van der Waals surface area contributed by atoms with Crippen LogP contribution in [0, 0.1) is 0 Å². The number of benzene rings is 1. The molecule has 1 aliphatic carbocycles. The summed E-state index contributed by atoms with van der Waals surface area (Å²) >= 11 is 0. The summed E-state index contributed by atoms with van der Waals surface area (Å²) in [6, 6.07) is 8.03. The highest BCUT2D eigenvalue weighted by Gasteiger charge is 2.23. The highest BCUT2D eigenvalue weighted by molar-refractivity contribution is 5.68. The number of anilines is 1. The molecule has 0 amide bonds. The van der Waals surface area contributed by atoms with E-state index < -0.39 is 0 Å². The molecule has 1 heterocycles. The van der Waals surface area contributed by atoms with Crippen LogP contribution >= 0.6 is 0 Å². The molecule has 0 aliphatic heterocycles. The summed E-state index contributed by atoms with van der Waals surface area (Å²) in [5.41, 5.74) is 8.84. The number of hydrogen-bond donors (Lipinski definition) is 1. The SMILES string of the molecule is CCc1c(N)ncnc1-c1cccc(OC2CC2)c1. The minimum atomic E-state index is 0.399. The van der Waals surface area contributed by atoms with Crippen LogP contribution in [0.5, 0.6) is 5.75 Å². The van der Waals surface area contributed by atoms with Gasteiger partial charge < -0.3 is 10.5 Å². The molecule has 0 saturated heterocycles. The number of ether oxygens (including phenoxy) is 1. The van der Waals surface area contributed by atoms with Gasteiger partial charge >= 0.3 is 0 Å². The molecule has 98 valence electrons. The maximum Gasteiger partial charge on any atom is 0.130 e. The molecule has 0 spiro atoms. The molecule has 0 unspecified atom stereocenters. The first-order valence-electron chi connectivity index (χ1n) is 6.64. The number of nitrogens with two attached hydrogens (primary N) is 1. The summed E-state index contributed by atoms with van der Waals surface area (Å²) in [4.78, 5) is 8.42. The second-order valence-electron chi connectivity index (χ2n) is 4.78. The Kier molecular flexibility index (Phi) is 3.07. The maximum absolute atomic E-state index is 5.92. The molecule has 4 heteroatoms. The lowest BCUT2D eigenvalue weighted by Crippen LogP contribution is -2.02. The lowest BCUT2D eigenvalue weighted by atomic mass is 10.0. The first-order chi connectivity index (χ1) is 9.28. The van der Waals surface area contributed by atoms with E-state index in [-0.39, 0.29) is 0 Å². The third-order valence-electron chi connectivity index (χ3n) is 3.27. The van der Waals surface area contributed by atoms with Crippen LogP contribution in [-0.2, 0) is 6.42 Å². The molecule has 0 atom stereocenters. The van der Waals surface area contributed by atoms with E-state index in [9.17, 15) is 0 Å². The number of hydrogen-bond acceptors (Lipinski definition) is 4. The van der Waals surface area contributed by atoms with Crippen LogP contribution < -0.4 is 10.5 Å². The van der Waals surface area contributed by atoms with Gasteiger partial charge in [-0.2, -0.15) is 0 Å². The first kappa shape index (κ1) is 12.0. The molecule has 0 radical (unpaired) electrons. The second-order valence-corrected chi connectivity index (χ2v) is 4.78. The summed E-state index contributed by atoms with van der Waals surface area (Å²) < 4.78 is 5.82. The van der Waals surface area contributed by atoms with Crippen molar-refractivity contribution in [2.24, 2.45) is 0 Å². The van der Waals surface area contributed by atoms with Gasteiger partial charge in [0, 0.05) is 11.1 Å². The highest BCUT2D eigenvalue weighted by Crippen LogP contribution is 2.31. The van der Waals surface area contributed by atoms with Crippen molar-refractivity contribution in [3.63, 3.8) is 0 Å². The average Bonchev–Trinajstić information content (AvgIpc) is 3.23. The number of aromatic nitrogens is 2. The molecule has 1 aliphatic rings. The number of nitrogens with zero attached hydrogens (tertiary/aromatic N) is 2. The lowest BCUT2D eigenvalue weighted by Gasteiger charge is -2.10. The van der Waals surface area contributed by atoms with E-state index in [0.717, 1.165) is 41.8 Å². The lowest BCUT2D eigenvalue weighted by molar-refractivity contribution is 0.303. The van der Waals surface area contributed by atoms with Gasteiger partial charge in [0.2, 0.25) is 0 Å². The molecule has 1 aromatic heterocycles. The Balaban J connectivity index is 1.98. The van der Waals surface area contributed by atoms with Gasteiger partial charge in [-0.3, -0.25) is 0 Å². The van der Waals surface area contributed by atoms with Crippen molar-refractivity contribution in [1.82, 2.24) is 9.97 Å². The van der Waals surface area contributed by atoms with Gasteiger partial charge in [0.05, 0.1) is 11.8 Å². The fraction of sp³-hybridized carbons (Fsp3) is 0.333. The monoisotopic (exact) mass is 255 g/mol. The van der Waals surface area contributed by atoms with E-state index in [4.69, 9.17) is 10.5 Å². The topological polar surface area (TPSA) is 61.0 Å². The van der Waals surface area contributed by atoms with Crippen molar-refractivity contribution in [1.29, 1.82) is 0 Å². The second kappa shape index (κ2) is 4.88. The van der Waals surface area contributed by atoms with Crippen molar-refractivity contribution in [2.75, 3.05) is 5.73 Å². The molecular formula is C15H17N3O. The quantitative estimate of drug-likeness (QED) is 0.912. The molecule has 1 fully saturated rings. The van der Waals surface area contributed by atoms with Crippen LogP contribution in [-0.4, -0.2) is 16.1 Å². The zero-order valence-corrected chi connectivity index (χ0v) is 11.0. The highest BCUT2D eigenvalue weighted by atomic mass is 16.5. The molecule has 2 N–H and O–H groups in total. The van der Waals surface area contributed by atoms with Gasteiger partial charge in [0.25, 0.3) is 0 Å². The van der Waals surface area contributed by atoms with E-state index in [2.05, 4.69) is 16.9 Å². The van der Waals surface area contributed by atoms with E-state index in [1.54, 1.807) is 0 Å². The summed E-state index contributed by atoms with van der Waals surface area (Å²) in [6.45, 7) is 2.06. The van der Waals surface area contributed by atoms with Gasteiger partial charge in [-0.15, -0.1) is 0 Å². The fourth-order valence-electron chi connectivity index (χ4n) is 2.12. The van der Waals surface area contributed by atoms with Crippen LogP contribution in [0.1, 0.15) is 25.3 Å². The van der Waals surface area contributed by atoms with Gasteiger partial charge in [0.1, 0.15) is 17.9 Å². The number of nitrogen functional groups attached to an aromatic ring is 1. The van der Waals surface area contributed by atoms with Crippen LogP contribution in [0.4, 0.5) is 5.82 Å². The fourth-order valence-corrected chi connectivity index (χ4v) is 2.12. The third-order valence-corrected chi connectivity index (χ3v) is 3.27. The largest absolute Gasteiger partial charge is 0.490 e. The molecule has 4 nitrogen and oxygen atoms in total. The molecule has 1 saturated carbocycles. The molecule has 0 bridgehead atoms. The van der Waals surface area contributed by atoms with Gasteiger partial charge in [-0.05, 0) is 31.4 Å². The van der Waals surface area contributed by atoms with E-state index in [1.165, 1.54) is 6.33 Å². The summed E-state index contributed by atoms with van der Waals surface area (Å²) in [7, 11) is 0. The normalized spacial score (nSPS) is 14.4. The third kappa shape index (κ3) is 2.52. The summed E-state index contributed by atoms with van der Waals surface area (Å²) in [5, 5.41) is 0. The first-order valence-corrected chi connectivity index (χ1v) is 6.64. The predicted octanol–water partition coefficient (Wildman–Crippen LogP) is 2.83. The Morgan fingerprint density at radius 1 is 1.32 bits per heavy atom. The van der Waals surface area contributed by atoms with Crippen molar-refractivity contribution in [2.45, 2.75) is 32.3 Å². The molecule has 19 heavy (non-hydrogen) atoms.